The van der Waals surface area contributed by atoms with Crippen molar-refractivity contribution in [1.29, 1.82) is 0 Å². The quantitative estimate of drug-likeness (QED) is 0.837. The van der Waals surface area contributed by atoms with Gasteiger partial charge in [0.25, 0.3) is 0 Å². The van der Waals surface area contributed by atoms with E-state index < -0.39 is 17.0 Å². The van der Waals surface area contributed by atoms with Crippen LogP contribution in [0, 0.1) is 28.6 Å². The Morgan fingerprint density at radius 3 is 2.65 bits per heavy atom. The van der Waals surface area contributed by atoms with E-state index in [-0.39, 0.29) is 29.5 Å². The molecule has 3 aliphatic carbocycles. The largest absolute Gasteiger partial charge is 0.481 e. The van der Waals surface area contributed by atoms with E-state index in [2.05, 4.69) is 6.92 Å². The average molecular weight is 320 g/mol. The Bertz CT molecular complexity index is 590. The van der Waals surface area contributed by atoms with Crippen molar-refractivity contribution in [3.63, 3.8) is 0 Å². The summed E-state index contributed by atoms with van der Waals surface area (Å²) in [5, 5.41) is 20.0. The molecule has 0 heterocycles. The van der Waals surface area contributed by atoms with Gasteiger partial charge in [-0.2, -0.15) is 0 Å². The van der Waals surface area contributed by atoms with E-state index >= 15 is 0 Å². The maximum atomic E-state index is 12.8. The lowest BCUT2D eigenvalue weighted by atomic mass is 9.47. The van der Waals surface area contributed by atoms with Gasteiger partial charge in [-0.15, -0.1) is 0 Å². The average Bonchev–Trinajstić information content (AvgIpc) is 2.63. The Balaban J connectivity index is 2.09. The molecule has 4 heteroatoms. The lowest BCUT2D eigenvalue weighted by molar-refractivity contribution is -0.142. The number of hydrogen-bond donors (Lipinski definition) is 2. The molecule has 4 nitrogen and oxygen atoms in total. The molecule has 0 radical (unpaired) electrons. The highest BCUT2D eigenvalue weighted by molar-refractivity contribution is 5.97. The summed E-state index contributed by atoms with van der Waals surface area (Å²) < 4.78 is 0. The van der Waals surface area contributed by atoms with Crippen molar-refractivity contribution in [1.82, 2.24) is 0 Å². The molecule has 23 heavy (non-hydrogen) atoms. The molecular weight excluding hydrogens is 292 g/mol. The van der Waals surface area contributed by atoms with Crippen molar-refractivity contribution in [2.75, 3.05) is 0 Å². The van der Waals surface area contributed by atoms with Gasteiger partial charge in [-0.05, 0) is 68.8 Å². The standard InChI is InChI=1S/C19H28O4/c1-11-7-13-9-19(10-18(13,4)23)12(2)8-14(20)17(3,16(11)19)6-5-15(21)22/h8,11,13,16,23H,5-7,9-10H2,1-4H3,(H,21,22)/t11?,13?,16?,17-,18?,19?/m1/s1. The first-order valence-electron chi connectivity index (χ1n) is 8.70. The number of carbonyl (C=O) groups excluding carboxylic acids is 1. The SMILES string of the molecule is CC1=CC(=O)[C@@](C)(CCC(=O)O)C2C(C)CC3CC12CC3(C)O. The van der Waals surface area contributed by atoms with Crippen molar-refractivity contribution >= 4 is 11.8 Å². The normalized spacial score (nSPS) is 48.8. The maximum absolute atomic E-state index is 12.8. The number of aliphatic carboxylic acids is 1. The smallest absolute Gasteiger partial charge is 0.303 e. The van der Waals surface area contributed by atoms with E-state index in [1.807, 2.05) is 20.8 Å². The molecule has 2 fully saturated rings. The Morgan fingerprint density at radius 1 is 1.39 bits per heavy atom. The molecule has 2 N–H and O–H groups in total. The summed E-state index contributed by atoms with van der Waals surface area (Å²) in [7, 11) is 0. The van der Waals surface area contributed by atoms with Crippen LogP contribution in [-0.4, -0.2) is 27.6 Å². The Labute approximate surface area is 138 Å². The molecule has 2 saturated carbocycles. The van der Waals surface area contributed by atoms with Crippen LogP contribution in [0.25, 0.3) is 0 Å². The van der Waals surface area contributed by atoms with Crippen LogP contribution in [0.4, 0.5) is 0 Å². The molecule has 6 atom stereocenters. The van der Waals surface area contributed by atoms with Gasteiger partial charge in [0.2, 0.25) is 0 Å². The monoisotopic (exact) mass is 320 g/mol. The molecule has 0 amide bonds. The second-order valence-corrected chi connectivity index (χ2v) is 8.78. The third-order valence-corrected chi connectivity index (χ3v) is 7.22. The fraction of sp³-hybridized carbons (Fsp3) is 0.789. The van der Waals surface area contributed by atoms with Crippen LogP contribution in [0.3, 0.4) is 0 Å². The first-order chi connectivity index (χ1) is 10.5. The predicted molar refractivity (Wildman–Crippen MR) is 86.8 cm³/mol. The number of fused-ring (bicyclic) bond motifs is 1. The zero-order valence-electron chi connectivity index (χ0n) is 14.6. The number of carboxylic acids is 1. The number of allylic oxidation sites excluding steroid dienone is 2. The highest BCUT2D eigenvalue weighted by atomic mass is 16.4. The van der Waals surface area contributed by atoms with Crippen LogP contribution in [0.1, 0.15) is 59.8 Å². The first kappa shape index (κ1) is 16.7. The second kappa shape index (κ2) is 4.92. The molecule has 0 aliphatic heterocycles. The molecule has 2 bridgehead atoms. The highest BCUT2D eigenvalue weighted by Gasteiger charge is 2.66. The topological polar surface area (TPSA) is 74.6 Å². The van der Waals surface area contributed by atoms with E-state index in [0.29, 0.717) is 18.8 Å². The van der Waals surface area contributed by atoms with E-state index in [1.165, 1.54) is 0 Å². The Hall–Kier alpha value is -1.16. The van der Waals surface area contributed by atoms with Gasteiger partial charge in [-0.3, -0.25) is 9.59 Å². The summed E-state index contributed by atoms with van der Waals surface area (Å²) in [5.74, 6) is -0.0666. The van der Waals surface area contributed by atoms with Gasteiger partial charge in [0, 0.05) is 11.8 Å². The number of rotatable bonds is 3. The lowest BCUT2D eigenvalue weighted by Gasteiger charge is -2.55. The molecule has 0 saturated heterocycles. The van der Waals surface area contributed by atoms with Crippen LogP contribution in [0.15, 0.2) is 11.6 Å². The van der Waals surface area contributed by atoms with Crippen molar-refractivity contribution in [3.05, 3.63) is 11.6 Å². The number of ketones is 1. The van der Waals surface area contributed by atoms with Gasteiger partial charge >= 0.3 is 5.97 Å². The summed E-state index contributed by atoms with van der Waals surface area (Å²) in [5.41, 5.74) is -0.378. The fourth-order valence-corrected chi connectivity index (χ4v) is 6.31. The molecule has 0 aromatic rings. The molecule has 0 aromatic carbocycles. The van der Waals surface area contributed by atoms with Gasteiger partial charge in [-0.1, -0.05) is 19.4 Å². The van der Waals surface area contributed by atoms with Gasteiger partial charge in [0.05, 0.1) is 5.60 Å². The molecule has 3 aliphatic rings. The summed E-state index contributed by atoms with van der Waals surface area (Å²) in [6, 6.07) is 0. The van der Waals surface area contributed by atoms with Crippen LogP contribution in [-0.2, 0) is 9.59 Å². The van der Waals surface area contributed by atoms with Gasteiger partial charge in [-0.25, -0.2) is 0 Å². The van der Waals surface area contributed by atoms with Crippen molar-refractivity contribution in [3.8, 4) is 0 Å². The predicted octanol–water partition coefficient (Wildman–Crippen LogP) is 3.19. The van der Waals surface area contributed by atoms with Crippen LogP contribution in [0.5, 0.6) is 0 Å². The van der Waals surface area contributed by atoms with E-state index in [1.54, 1.807) is 6.08 Å². The third kappa shape index (κ3) is 2.21. The Kier molecular flexibility index (Phi) is 3.57. The summed E-state index contributed by atoms with van der Waals surface area (Å²) in [6.45, 7) is 8.09. The lowest BCUT2D eigenvalue weighted by Crippen LogP contribution is -2.53. The van der Waals surface area contributed by atoms with Gasteiger partial charge < -0.3 is 10.2 Å². The number of aliphatic hydroxyl groups is 1. The first-order valence-corrected chi connectivity index (χ1v) is 8.70. The molecule has 3 rings (SSSR count). The second-order valence-electron chi connectivity index (χ2n) is 8.78. The van der Waals surface area contributed by atoms with E-state index in [4.69, 9.17) is 5.11 Å². The summed E-state index contributed by atoms with van der Waals surface area (Å²) in [6.07, 6.45) is 4.69. The summed E-state index contributed by atoms with van der Waals surface area (Å²) >= 11 is 0. The third-order valence-electron chi connectivity index (χ3n) is 7.22. The molecule has 5 unspecified atom stereocenters. The zero-order valence-corrected chi connectivity index (χ0v) is 14.6. The zero-order chi connectivity index (χ0) is 17.2. The minimum absolute atomic E-state index is 0.0221. The van der Waals surface area contributed by atoms with E-state index in [0.717, 1.165) is 18.4 Å². The molecule has 1 spiro atoms. The van der Waals surface area contributed by atoms with Crippen LogP contribution >= 0.6 is 0 Å². The minimum atomic E-state index is -0.848. The highest BCUT2D eigenvalue weighted by Crippen LogP contribution is 2.69. The van der Waals surface area contributed by atoms with Gasteiger partial charge in [0.1, 0.15) is 0 Å². The fourth-order valence-electron chi connectivity index (χ4n) is 6.31. The van der Waals surface area contributed by atoms with Gasteiger partial charge in [0.15, 0.2) is 5.78 Å². The number of carboxylic acid groups (broad SMARTS) is 1. The van der Waals surface area contributed by atoms with Crippen LogP contribution in [0.2, 0.25) is 0 Å². The number of hydrogen-bond acceptors (Lipinski definition) is 3. The number of carbonyl (C=O) groups is 2. The molecular formula is C19H28O4. The minimum Gasteiger partial charge on any atom is -0.481 e. The summed E-state index contributed by atoms with van der Waals surface area (Å²) in [4.78, 5) is 23.9. The Morgan fingerprint density at radius 2 is 2.04 bits per heavy atom. The molecule has 128 valence electrons. The van der Waals surface area contributed by atoms with E-state index in [9.17, 15) is 14.7 Å². The maximum Gasteiger partial charge on any atom is 0.303 e. The molecule has 0 aromatic heterocycles. The van der Waals surface area contributed by atoms with Crippen molar-refractivity contribution in [2.24, 2.45) is 28.6 Å². The van der Waals surface area contributed by atoms with Crippen molar-refractivity contribution < 1.29 is 19.8 Å². The van der Waals surface area contributed by atoms with Crippen LogP contribution < -0.4 is 0 Å². The van der Waals surface area contributed by atoms with Crippen molar-refractivity contribution in [2.45, 2.75) is 65.4 Å².